The molecule has 0 saturated carbocycles. The molecule has 0 unspecified atom stereocenters. The highest BCUT2D eigenvalue weighted by Crippen LogP contribution is 2.18. The molecule has 1 amide bonds. The largest absolute Gasteiger partial charge is 0.487 e. The van der Waals surface area contributed by atoms with Gasteiger partial charge in [-0.1, -0.05) is 35.9 Å². The summed E-state index contributed by atoms with van der Waals surface area (Å²) in [5.41, 5.74) is 3.77. The predicted molar refractivity (Wildman–Crippen MR) is 98.9 cm³/mol. The number of aromatic nitrogens is 2. The van der Waals surface area contributed by atoms with Crippen molar-refractivity contribution in [2.45, 2.75) is 26.6 Å². The molecule has 0 radical (unpaired) electrons. The Morgan fingerprint density at radius 1 is 1.08 bits per heavy atom. The zero-order valence-corrected chi connectivity index (χ0v) is 14.8. The second-order valence-corrected chi connectivity index (χ2v) is 6.55. The molecule has 3 aromatic rings. The molecule has 0 spiro atoms. The first-order valence-electron chi connectivity index (χ1n) is 8.78. The first-order chi connectivity index (χ1) is 12.7. The summed E-state index contributed by atoms with van der Waals surface area (Å²) in [5.74, 6) is 0.901. The van der Waals surface area contributed by atoms with Crippen LogP contribution in [0.3, 0.4) is 0 Å². The number of nitrogens with zero attached hydrogens (tertiary/aromatic N) is 3. The van der Waals surface area contributed by atoms with Crippen LogP contribution in [0.25, 0.3) is 0 Å². The fraction of sp³-hybridized carbons (Fsp3) is 0.238. The maximum absolute atomic E-state index is 12.8. The molecule has 26 heavy (non-hydrogen) atoms. The molecule has 0 atom stereocenters. The van der Waals surface area contributed by atoms with Crippen LogP contribution in [0.15, 0.2) is 60.7 Å². The van der Waals surface area contributed by atoms with Crippen molar-refractivity contribution in [1.82, 2.24) is 14.7 Å². The van der Waals surface area contributed by atoms with Gasteiger partial charge >= 0.3 is 0 Å². The highest BCUT2D eigenvalue weighted by molar-refractivity contribution is 5.94. The molecule has 1 aromatic heterocycles. The fourth-order valence-electron chi connectivity index (χ4n) is 3.20. The average molecular weight is 347 g/mol. The van der Waals surface area contributed by atoms with Crippen LogP contribution in [0.1, 0.15) is 27.3 Å². The van der Waals surface area contributed by atoms with Gasteiger partial charge in [0.1, 0.15) is 18.1 Å². The van der Waals surface area contributed by atoms with E-state index in [2.05, 4.69) is 5.10 Å². The molecule has 5 nitrogen and oxygen atoms in total. The number of para-hydroxylation sites is 1. The average Bonchev–Trinajstić information content (AvgIpc) is 3.08. The Morgan fingerprint density at radius 3 is 2.73 bits per heavy atom. The Hall–Kier alpha value is -3.08. The predicted octanol–water partition coefficient (Wildman–Crippen LogP) is 3.43. The Labute approximate surface area is 152 Å². The van der Waals surface area contributed by atoms with Gasteiger partial charge in [0.2, 0.25) is 0 Å². The van der Waals surface area contributed by atoms with E-state index >= 15 is 0 Å². The van der Waals surface area contributed by atoms with Crippen LogP contribution in [-0.4, -0.2) is 27.1 Å². The van der Waals surface area contributed by atoms with E-state index in [0.717, 1.165) is 28.3 Å². The summed E-state index contributed by atoms with van der Waals surface area (Å²) in [6.07, 6.45) is 0. The summed E-state index contributed by atoms with van der Waals surface area (Å²) in [6.45, 7) is 4.38. The summed E-state index contributed by atoms with van der Waals surface area (Å²) in [6, 6.07) is 19.5. The van der Waals surface area contributed by atoms with E-state index < -0.39 is 0 Å². The summed E-state index contributed by atoms with van der Waals surface area (Å²) in [5, 5.41) is 4.60. The lowest BCUT2D eigenvalue weighted by molar-refractivity contribution is 0.0706. The highest BCUT2D eigenvalue weighted by Gasteiger charge is 2.23. The number of ether oxygens (including phenoxy) is 1. The van der Waals surface area contributed by atoms with E-state index in [-0.39, 0.29) is 5.91 Å². The van der Waals surface area contributed by atoms with Gasteiger partial charge in [0.25, 0.3) is 5.91 Å². The van der Waals surface area contributed by atoms with Crippen LogP contribution >= 0.6 is 0 Å². The summed E-state index contributed by atoms with van der Waals surface area (Å²) in [7, 11) is 0. The van der Waals surface area contributed by atoms with E-state index in [0.29, 0.717) is 26.2 Å². The van der Waals surface area contributed by atoms with Gasteiger partial charge in [-0.3, -0.25) is 9.48 Å². The molecule has 2 aromatic carbocycles. The van der Waals surface area contributed by atoms with Gasteiger partial charge in [0, 0.05) is 12.1 Å². The molecule has 2 heterocycles. The first-order valence-corrected chi connectivity index (χ1v) is 8.78. The van der Waals surface area contributed by atoms with Crippen molar-refractivity contribution >= 4 is 5.91 Å². The Bertz CT molecular complexity index is 918. The molecular formula is C21H21N3O2. The van der Waals surface area contributed by atoms with Crippen LogP contribution < -0.4 is 4.74 Å². The lowest BCUT2D eigenvalue weighted by atomic mass is 10.1. The minimum Gasteiger partial charge on any atom is -0.487 e. The topological polar surface area (TPSA) is 47.4 Å². The molecule has 0 N–H and O–H groups in total. The molecule has 132 valence electrons. The molecule has 4 rings (SSSR count). The third-order valence-corrected chi connectivity index (χ3v) is 4.53. The number of carbonyl (C=O) groups is 1. The third-order valence-electron chi connectivity index (χ3n) is 4.53. The van der Waals surface area contributed by atoms with Gasteiger partial charge in [-0.25, -0.2) is 0 Å². The summed E-state index contributed by atoms with van der Waals surface area (Å²) in [4.78, 5) is 14.6. The number of benzene rings is 2. The molecule has 1 aliphatic heterocycles. The van der Waals surface area contributed by atoms with Crippen molar-refractivity contribution in [2.24, 2.45) is 0 Å². The number of rotatable bonds is 4. The Balaban J connectivity index is 1.44. The van der Waals surface area contributed by atoms with Crippen molar-refractivity contribution in [1.29, 1.82) is 0 Å². The van der Waals surface area contributed by atoms with Gasteiger partial charge in [0.15, 0.2) is 0 Å². The Morgan fingerprint density at radius 2 is 1.92 bits per heavy atom. The SMILES string of the molecule is Cc1cccc(C(=O)N2CCn3nc(COc4ccccc4)cc3C2)c1. The van der Waals surface area contributed by atoms with Gasteiger partial charge in [0.05, 0.1) is 18.8 Å². The normalized spacial score (nSPS) is 13.3. The monoisotopic (exact) mass is 347 g/mol. The van der Waals surface area contributed by atoms with Crippen LogP contribution in [0.4, 0.5) is 0 Å². The molecular weight excluding hydrogens is 326 g/mol. The molecule has 5 heteroatoms. The number of amides is 1. The minimum absolute atomic E-state index is 0.0724. The van der Waals surface area contributed by atoms with E-state index in [1.165, 1.54) is 0 Å². The smallest absolute Gasteiger partial charge is 0.254 e. The van der Waals surface area contributed by atoms with Gasteiger partial charge in [-0.15, -0.1) is 0 Å². The second kappa shape index (κ2) is 7.04. The van der Waals surface area contributed by atoms with Gasteiger partial charge in [-0.2, -0.15) is 5.10 Å². The number of aryl methyl sites for hydroxylation is 1. The first kappa shape index (κ1) is 16.4. The van der Waals surface area contributed by atoms with Crippen molar-refractivity contribution < 1.29 is 9.53 Å². The van der Waals surface area contributed by atoms with Crippen molar-refractivity contribution in [2.75, 3.05) is 6.54 Å². The van der Waals surface area contributed by atoms with Crippen LogP contribution in [0.2, 0.25) is 0 Å². The maximum atomic E-state index is 12.8. The quantitative estimate of drug-likeness (QED) is 0.726. The van der Waals surface area contributed by atoms with E-state index in [1.54, 1.807) is 0 Å². The van der Waals surface area contributed by atoms with E-state index in [9.17, 15) is 4.79 Å². The number of hydrogen-bond donors (Lipinski definition) is 0. The zero-order valence-electron chi connectivity index (χ0n) is 14.8. The maximum Gasteiger partial charge on any atom is 0.254 e. The Kier molecular flexibility index (Phi) is 4.44. The van der Waals surface area contributed by atoms with Crippen molar-refractivity contribution in [3.63, 3.8) is 0 Å². The van der Waals surface area contributed by atoms with Gasteiger partial charge in [-0.05, 0) is 37.3 Å². The fourth-order valence-corrected chi connectivity index (χ4v) is 3.20. The summed E-state index contributed by atoms with van der Waals surface area (Å²) < 4.78 is 7.75. The zero-order chi connectivity index (χ0) is 17.9. The van der Waals surface area contributed by atoms with Gasteiger partial charge < -0.3 is 9.64 Å². The minimum atomic E-state index is 0.0724. The lowest BCUT2D eigenvalue weighted by Gasteiger charge is -2.27. The van der Waals surface area contributed by atoms with Crippen LogP contribution in [-0.2, 0) is 19.7 Å². The number of hydrogen-bond acceptors (Lipinski definition) is 3. The summed E-state index contributed by atoms with van der Waals surface area (Å²) >= 11 is 0. The number of carbonyl (C=O) groups excluding carboxylic acids is 1. The van der Waals surface area contributed by atoms with Crippen molar-refractivity contribution in [3.8, 4) is 5.75 Å². The molecule has 0 fully saturated rings. The lowest BCUT2D eigenvalue weighted by Crippen LogP contribution is -2.38. The highest BCUT2D eigenvalue weighted by atomic mass is 16.5. The van der Waals surface area contributed by atoms with Crippen LogP contribution in [0.5, 0.6) is 5.75 Å². The molecule has 1 aliphatic rings. The van der Waals surface area contributed by atoms with Crippen molar-refractivity contribution in [3.05, 3.63) is 83.2 Å². The third kappa shape index (κ3) is 3.47. The molecule has 0 aliphatic carbocycles. The van der Waals surface area contributed by atoms with E-state index in [1.807, 2.05) is 77.2 Å². The second-order valence-electron chi connectivity index (χ2n) is 6.55. The van der Waals surface area contributed by atoms with Crippen LogP contribution in [0, 0.1) is 6.92 Å². The standard InChI is InChI=1S/C21H21N3O2/c1-16-6-5-7-17(12-16)21(25)23-10-11-24-19(14-23)13-18(22-24)15-26-20-8-3-2-4-9-20/h2-9,12-13H,10-11,14-15H2,1H3. The van der Waals surface area contributed by atoms with E-state index in [4.69, 9.17) is 4.74 Å². The molecule has 0 bridgehead atoms. The number of fused-ring (bicyclic) bond motifs is 1. The molecule has 0 saturated heterocycles.